The van der Waals surface area contributed by atoms with Crippen LogP contribution in [0.1, 0.15) is 51.9 Å². The molecule has 0 unspecified atom stereocenters. The van der Waals surface area contributed by atoms with E-state index in [0.717, 1.165) is 5.92 Å². The molecule has 12 heavy (non-hydrogen) atoms. The second-order valence-electron chi connectivity index (χ2n) is 3.29. The van der Waals surface area contributed by atoms with E-state index in [1.165, 1.54) is 44.9 Å². The van der Waals surface area contributed by atoms with E-state index in [2.05, 4.69) is 20.1 Å². The minimum atomic E-state index is 0. The van der Waals surface area contributed by atoms with Crippen LogP contribution in [0.3, 0.4) is 0 Å². The molecule has 0 bridgehead atoms. The van der Waals surface area contributed by atoms with E-state index in [4.69, 9.17) is 0 Å². The van der Waals surface area contributed by atoms with Gasteiger partial charge in [-0.25, -0.2) is 0 Å². The fraction of sp³-hybridized carbons (Fsp3) is 0.818. The Morgan fingerprint density at radius 3 is 2.00 bits per heavy atom. The van der Waals surface area contributed by atoms with Gasteiger partial charge >= 0.3 is 0 Å². The standard InChI is InChI=1S/C9H18.C2H4.V/c1-2-6-9-7-4-3-5-8-9;1-2;/h9H,2-8H2,1H3;1-2H2;. The molecule has 0 N–H and O–H groups in total. The van der Waals surface area contributed by atoms with Crippen LogP contribution in [0.25, 0.3) is 0 Å². The van der Waals surface area contributed by atoms with Crippen LogP contribution in [-0.2, 0) is 18.6 Å². The normalized spacial score (nSPS) is 17.1. The largest absolute Gasteiger partial charge is 0.106 e. The molecular weight excluding hydrogens is 183 g/mol. The van der Waals surface area contributed by atoms with Gasteiger partial charge in [0.15, 0.2) is 0 Å². The Morgan fingerprint density at radius 2 is 1.58 bits per heavy atom. The predicted octanol–water partition coefficient (Wildman–Crippen LogP) is 4.17. The Morgan fingerprint density at radius 1 is 1.08 bits per heavy atom. The molecule has 0 aromatic carbocycles. The van der Waals surface area contributed by atoms with Crippen LogP contribution in [0.5, 0.6) is 0 Å². The van der Waals surface area contributed by atoms with E-state index in [1.807, 2.05) is 0 Å². The molecule has 0 aromatic rings. The van der Waals surface area contributed by atoms with Crippen molar-refractivity contribution in [1.29, 1.82) is 0 Å². The Labute approximate surface area is 89.7 Å². The van der Waals surface area contributed by atoms with Crippen molar-refractivity contribution in [2.75, 3.05) is 0 Å². The zero-order chi connectivity index (χ0) is 8.53. The van der Waals surface area contributed by atoms with Crippen molar-refractivity contribution in [3.8, 4) is 0 Å². The van der Waals surface area contributed by atoms with E-state index in [1.54, 1.807) is 0 Å². The van der Waals surface area contributed by atoms with Crippen molar-refractivity contribution in [2.45, 2.75) is 51.9 Å². The molecule has 1 aliphatic carbocycles. The molecule has 1 rings (SSSR count). The molecule has 1 fully saturated rings. The van der Waals surface area contributed by atoms with Gasteiger partial charge in [-0.05, 0) is 5.92 Å². The van der Waals surface area contributed by atoms with Crippen LogP contribution in [0, 0.1) is 5.92 Å². The quantitative estimate of drug-likeness (QED) is 0.593. The van der Waals surface area contributed by atoms with Crippen molar-refractivity contribution >= 4 is 0 Å². The third-order valence-corrected chi connectivity index (χ3v) is 2.42. The van der Waals surface area contributed by atoms with Gasteiger partial charge in [0.2, 0.25) is 0 Å². The number of hydrogen-bond acceptors (Lipinski definition) is 0. The fourth-order valence-corrected chi connectivity index (χ4v) is 1.88. The van der Waals surface area contributed by atoms with E-state index in [-0.39, 0.29) is 18.6 Å². The molecule has 0 aliphatic heterocycles. The fourth-order valence-electron chi connectivity index (χ4n) is 1.88. The predicted molar refractivity (Wildman–Crippen MR) is 52.7 cm³/mol. The molecule has 0 aromatic heterocycles. The van der Waals surface area contributed by atoms with Gasteiger partial charge in [0.05, 0.1) is 0 Å². The molecular formula is C11H22V. The van der Waals surface area contributed by atoms with Crippen LogP contribution >= 0.6 is 0 Å². The van der Waals surface area contributed by atoms with Crippen molar-refractivity contribution < 1.29 is 18.6 Å². The summed E-state index contributed by atoms with van der Waals surface area (Å²) in [6, 6.07) is 0. The van der Waals surface area contributed by atoms with Gasteiger partial charge in [-0.2, -0.15) is 0 Å². The van der Waals surface area contributed by atoms with Crippen molar-refractivity contribution in [1.82, 2.24) is 0 Å². The first-order valence-electron chi connectivity index (χ1n) is 4.93. The minimum absolute atomic E-state index is 0. The molecule has 0 nitrogen and oxygen atoms in total. The van der Waals surface area contributed by atoms with E-state index < -0.39 is 0 Å². The second-order valence-corrected chi connectivity index (χ2v) is 3.29. The molecule has 1 saturated carbocycles. The van der Waals surface area contributed by atoms with Crippen LogP contribution in [0.4, 0.5) is 0 Å². The van der Waals surface area contributed by atoms with Crippen LogP contribution in [0.15, 0.2) is 13.2 Å². The third kappa shape index (κ3) is 7.00. The van der Waals surface area contributed by atoms with E-state index >= 15 is 0 Å². The summed E-state index contributed by atoms with van der Waals surface area (Å²) >= 11 is 0. The van der Waals surface area contributed by atoms with Gasteiger partial charge in [-0.3, -0.25) is 0 Å². The molecule has 0 atom stereocenters. The van der Waals surface area contributed by atoms with Gasteiger partial charge in [-0.15, -0.1) is 13.2 Å². The minimum Gasteiger partial charge on any atom is -0.106 e. The summed E-state index contributed by atoms with van der Waals surface area (Å²) in [6.45, 7) is 8.30. The van der Waals surface area contributed by atoms with Crippen molar-refractivity contribution in [3.63, 3.8) is 0 Å². The Balaban J connectivity index is 0. The summed E-state index contributed by atoms with van der Waals surface area (Å²) in [4.78, 5) is 0. The summed E-state index contributed by atoms with van der Waals surface area (Å²) < 4.78 is 0. The third-order valence-electron chi connectivity index (χ3n) is 2.42. The van der Waals surface area contributed by atoms with Crippen molar-refractivity contribution in [2.24, 2.45) is 5.92 Å². The molecule has 1 aliphatic rings. The van der Waals surface area contributed by atoms with Gasteiger partial charge in [0, 0.05) is 18.6 Å². The molecule has 0 spiro atoms. The molecule has 0 saturated heterocycles. The molecule has 0 amide bonds. The second kappa shape index (κ2) is 11.3. The summed E-state index contributed by atoms with van der Waals surface area (Å²) in [5.74, 6) is 1.10. The maximum atomic E-state index is 3.00. The Bertz CT molecular complexity index is 72.3. The smallest absolute Gasteiger partial charge is 0 e. The summed E-state index contributed by atoms with van der Waals surface area (Å²) in [7, 11) is 0. The van der Waals surface area contributed by atoms with Gasteiger partial charge in [0.25, 0.3) is 0 Å². The molecule has 71 valence electrons. The van der Waals surface area contributed by atoms with Crippen LogP contribution in [-0.4, -0.2) is 0 Å². The van der Waals surface area contributed by atoms with Gasteiger partial charge in [0.1, 0.15) is 0 Å². The van der Waals surface area contributed by atoms with Crippen LogP contribution in [0.2, 0.25) is 0 Å². The Kier molecular flexibility index (Phi) is 14.0. The van der Waals surface area contributed by atoms with E-state index in [9.17, 15) is 0 Å². The first-order valence-corrected chi connectivity index (χ1v) is 4.93. The molecule has 1 heteroatoms. The summed E-state index contributed by atoms with van der Waals surface area (Å²) in [5.41, 5.74) is 0. The average molecular weight is 205 g/mol. The van der Waals surface area contributed by atoms with Gasteiger partial charge in [-0.1, -0.05) is 51.9 Å². The maximum Gasteiger partial charge on any atom is 0 e. The zero-order valence-corrected chi connectivity index (χ0v) is 9.79. The topological polar surface area (TPSA) is 0 Å². The van der Waals surface area contributed by atoms with Crippen LogP contribution < -0.4 is 0 Å². The zero-order valence-electron chi connectivity index (χ0n) is 8.39. The SMILES string of the molecule is C=C.CCCC1CCCCC1.[V]. The first-order chi connectivity index (χ1) is 5.43. The maximum absolute atomic E-state index is 3.00. The van der Waals surface area contributed by atoms with E-state index in [0.29, 0.717) is 0 Å². The molecule has 0 heterocycles. The monoisotopic (exact) mass is 205 g/mol. The molecule has 1 radical (unpaired) electrons. The van der Waals surface area contributed by atoms with Crippen molar-refractivity contribution in [3.05, 3.63) is 13.2 Å². The number of rotatable bonds is 2. The summed E-state index contributed by atoms with van der Waals surface area (Å²) in [6.07, 6.45) is 10.4. The Hall–Kier alpha value is 0.324. The number of hydrogen-bond donors (Lipinski definition) is 0. The summed E-state index contributed by atoms with van der Waals surface area (Å²) in [5, 5.41) is 0. The average Bonchev–Trinajstić information content (AvgIpc) is 2.11. The van der Waals surface area contributed by atoms with Gasteiger partial charge < -0.3 is 0 Å². The first kappa shape index (κ1) is 14.8.